The Morgan fingerprint density at radius 1 is 1.20 bits per heavy atom. The predicted octanol–water partition coefficient (Wildman–Crippen LogP) is 2.36. The standard InChI is InChI=1S/C13H16ClNO4S/c14-10-5-7-11(8-6-10)20(18,19)15-9-3-1-2-4-12(15)13(16)17/h5-8,12H,1-4,9H2,(H,16,17). The maximum atomic E-state index is 12.6. The maximum absolute atomic E-state index is 12.6. The Morgan fingerprint density at radius 3 is 2.45 bits per heavy atom. The lowest BCUT2D eigenvalue weighted by Crippen LogP contribution is -2.44. The third-order valence-electron chi connectivity index (χ3n) is 3.41. The molecular formula is C13H16ClNO4S. The van der Waals surface area contributed by atoms with Crippen LogP contribution in [0.4, 0.5) is 0 Å². The van der Waals surface area contributed by atoms with Crippen LogP contribution in [-0.2, 0) is 14.8 Å². The van der Waals surface area contributed by atoms with E-state index in [1.54, 1.807) is 0 Å². The number of hydrogen-bond acceptors (Lipinski definition) is 3. The van der Waals surface area contributed by atoms with E-state index < -0.39 is 22.0 Å². The van der Waals surface area contributed by atoms with Gasteiger partial charge < -0.3 is 5.11 Å². The molecule has 0 aromatic heterocycles. The highest BCUT2D eigenvalue weighted by molar-refractivity contribution is 7.89. The Labute approximate surface area is 123 Å². The molecule has 1 atom stereocenters. The first-order chi connectivity index (χ1) is 9.43. The largest absolute Gasteiger partial charge is 0.480 e. The van der Waals surface area contributed by atoms with Gasteiger partial charge in [-0.2, -0.15) is 4.31 Å². The fourth-order valence-corrected chi connectivity index (χ4v) is 4.14. The van der Waals surface area contributed by atoms with Crippen LogP contribution in [0.3, 0.4) is 0 Å². The van der Waals surface area contributed by atoms with Crippen LogP contribution < -0.4 is 0 Å². The number of halogens is 1. The average molecular weight is 318 g/mol. The minimum absolute atomic E-state index is 0.0788. The number of hydrogen-bond donors (Lipinski definition) is 1. The molecule has 0 bridgehead atoms. The summed E-state index contributed by atoms with van der Waals surface area (Å²) >= 11 is 5.75. The van der Waals surface area contributed by atoms with Crippen molar-refractivity contribution in [3.63, 3.8) is 0 Å². The second kappa shape index (κ2) is 6.11. The second-order valence-corrected chi connectivity index (χ2v) is 7.10. The molecular weight excluding hydrogens is 302 g/mol. The third kappa shape index (κ3) is 3.13. The van der Waals surface area contributed by atoms with E-state index in [0.29, 0.717) is 17.9 Å². The van der Waals surface area contributed by atoms with Crippen molar-refractivity contribution < 1.29 is 18.3 Å². The number of carboxylic acids is 1. The summed E-state index contributed by atoms with van der Waals surface area (Å²) in [5.74, 6) is -1.09. The quantitative estimate of drug-likeness (QED) is 0.928. The average Bonchev–Trinajstić information content (AvgIpc) is 2.65. The van der Waals surface area contributed by atoms with Crippen LogP contribution in [0.15, 0.2) is 29.2 Å². The van der Waals surface area contributed by atoms with Gasteiger partial charge in [0.2, 0.25) is 10.0 Å². The summed E-state index contributed by atoms with van der Waals surface area (Å²) in [6, 6.07) is 4.80. The molecule has 1 unspecified atom stereocenters. The molecule has 0 spiro atoms. The van der Waals surface area contributed by atoms with Gasteiger partial charge >= 0.3 is 5.97 Å². The first-order valence-electron chi connectivity index (χ1n) is 6.43. The fraction of sp³-hybridized carbons (Fsp3) is 0.462. The lowest BCUT2D eigenvalue weighted by Gasteiger charge is -2.26. The van der Waals surface area contributed by atoms with Crippen molar-refractivity contribution in [2.75, 3.05) is 6.54 Å². The Kier molecular flexibility index (Phi) is 4.67. The van der Waals surface area contributed by atoms with E-state index in [2.05, 4.69) is 0 Å². The molecule has 0 amide bonds. The maximum Gasteiger partial charge on any atom is 0.322 e. The molecule has 1 aliphatic heterocycles. The number of carbonyl (C=O) groups is 1. The van der Waals surface area contributed by atoms with Gasteiger partial charge in [-0.1, -0.05) is 24.4 Å². The molecule has 1 fully saturated rings. The molecule has 0 aliphatic carbocycles. The van der Waals surface area contributed by atoms with Crippen molar-refractivity contribution in [1.29, 1.82) is 0 Å². The molecule has 0 radical (unpaired) electrons. The third-order valence-corrected chi connectivity index (χ3v) is 5.58. The lowest BCUT2D eigenvalue weighted by molar-refractivity contribution is -0.141. The first-order valence-corrected chi connectivity index (χ1v) is 8.25. The van der Waals surface area contributed by atoms with Crippen LogP contribution in [0.5, 0.6) is 0 Å². The van der Waals surface area contributed by atoms with Gasteiger partial charge in [-0.25, -0.2) is 8.42 Å². The summed E-state index contributed by atoms with van der Waals surface area (Å²) in [6.07, 6.45) is 2.60. The zero-order valence-electron chi connectivity index (χ0n) is 10.8. The predicted molar refractivity (Wildman–Crippen MR) is 75.2 cm³/mol. The van der Waals surface area contributed by atoms with Crippen molar-refractivity contribution >= 4 is 27.6 Å². The van der Waals surface area contributed by atoms with E-state index in [4.69, 9.17) is 11.6 Å². The van der Waals surface area contributed by atoms with Gasteiger partial charge in [0.1, 0.15) is 6.04 Å². The number of carboxylic acid groups (broad SMARTS) is 1. The number of aliphatic carboxylic acids is 1. The van der Waals surface area contributed by atoms with Gasteiger partial charge in [0, 0.05) is 11.6 Å². The van der Waals surface area contributed by atoms with E-state index in [-0.39, 0.29) is 11.4 Å². The van der Waals surface area contributed by atoms with E-state index in [9.17, 15) is 18.3 Å². The van der Waals surface area contributed by atoms with Gasteiger partial charge in [0.15, 0.2) is 0 Å². The Balaban J connectivity index is 2.39. The van der Waals surface area contributed by atoms with Crippen LogP contribution in [-0.4, -0.2) is 36.4 Å². The molecule has 110 valence electrons. The molecule has 7 heteroatoms. The first kappa shape index (κ1) is 15.3. The topological polar surface area (TPSA) is 74.7 Å². The normalized spacial score (nSPS) is 21.4. The number of benzene rings is 1. The van der Waals surface area contributed by atoms with Crippen molar-refractivity contribution in [2.24, 2.45) is 0 Å². The van der Waals surface area contributed by atoms with Crippen LogP contribution in [0.25, 0.3) is 0 Å². The summed E-state index contributed by atoms with van der Waals surface area (Å²) in [7, 11) is -3.80. The highest BCUT2D eigenvalue weighted by Crippen LogP contribution is 2.25. The van der Waals surface area contributed by atoms with Gasteiger partial charge in [-0.15, -0.1) is 0 Å². The van der Waals surface area contributed by atoms with E-state index in [0.717, 1.165) is 17.1 Å². The van der Waals surface area contributed by atoms with Crippen molar-refractivity contribution in [2.45, 2.75) is 36.6 Å². The highest BCUT2D eigenvalue weighted by atomic mass is 35.5. The molecule has 20 heavy (non-hydrogen) atoms. The number of nitrogens with zero attached hydrogens (tertiary/aromatic N) is 1. The molecule has 5 nitrogen and oxygen atoms in total. The minimum atomic E-state index is -3.80. The summed E-state index contributed by atoms with van der Waals surface area (Å²) in [5, 5.41) is 9.70. The second-order valence-electron chi connectivity index (χ2n) is 4.77. The van der Waals surface area contributed by atoms with Crippen LogP contribution in [0.2, 0.25) is 5.02 Å². The summed E-state index contributed by atoms with van der Waals surface area (Å²) in [5.41, 5.74) is 0. The van der Waals surface area contributed by atoms with Crippen LogP contribution >= 0.6 is 11.6 Å². The SMILES string of the molecule is O=C(O)C1CCCCCN1S(=O)(=O)c1ccc(Cl)cc1. The summed E-state index contributed by atoms with van der Waals surface area (Å²) in [4.78, 5) is 11.4. The zero-order chi connectivity index (χ0) is 14.8. The fourth-order valence-electron chi connectivity index (χ4n) is 2.36. The zero-order valence-corrected chi connectivity index (χ0v) is 12.4. The van der Waals surface area contributed by atoms with Gasteiger partial charge in [0.25, 0.3) is 0 Å². The Morgan fingerprint density at radius 2 is 1.85 bits per heavy atom. The molecule has 2 rings (SSSR count). The molecule has 1 aliphatic rings. The lowest BCUT2D eigenvalue weighted by atomic mass is 10.1. The summed E-state index contributed by atoms with van der Waals surface area (Å²) < 4.78 is 26.3. The smallest absolute Gasteiger partial charge is 0.322 e. The molecule has 1 aromatic carbocycles. The van der Waals surface area contributed by atoms with Gasteiger partial charge in [-0.3, -0.25) is 4.79 Å². The highest BCUT2D eigenvalue weighted by Gasteiger charge is 2.36. The molecule has 1 N–H and O–H groups in total. The van der Waals surface area contributed by atoms with Crippen molar-refractivity contribution in [3.8, 4) is 0 Å². The molecule has 1 heterocycles. The van der Waals surface area contributed by atoms with Crippen molar-refractivity contribution in [1.82, 2.24) is 4.31 Å². The van der Waals surface area contributed by atoms with E-state index in [1.165, 1.54) is 24.3 Å². The Hall–Kier alpha value is -1.11. The Bertz CT molecular complexity index is 585. The van der Waals surface area contributed by atoms with E-state index in [1.807, 2.05) is 0 Å². The number of sulfonamides is 1. The van der Waals surface area contributed by atoms with Crippen LogP contribution in [0.1, 0.15) is 25.7 Å². The van der Waals surface area contributed by atoms with E-state index >= 15 is 0 Å². The molecule has 1 saturated heterocycles. The van der Waals surface area contributed by atoms with Crippen LogP contribution in [0, 0.1) is 0 Å². The number of rotatable bonds is 3. The monoisotopic (exact) mass is 317 g/mol. The summed E-state index contributed by atoms with van der Waals surface area (Å²) in [6.45, 7) is 0.238. The van der Waals surface area contributed by atoms with Gasteiger partial charge in [0.05, 0.1) is 4.90 Å². The van der Waals surface area contributed by atoms with Crippen molar-refractivity contribution in [3.05, 3.63) is 29.3 Å². The van der Waals surface area contributed by atoms with Gasteiger partial charge in [-0.05, 0) is 37.1 Å². The minimum Gasteiger partial charge on any atom is -0.480 e. The molecule has 1 aromatic rings. The molecule has 0 saturated carbocycles.